The zero-order valence-corrected chi connectivity index (χ0v) is 16.5. The van der Waals surface area contributed by atoms with Crippen molar-refractivity contribution in [3.8, 4) is 17.2 Å². The second-order valence-corrected chi connectivity index (χ2v) is 7.56. The number of allylic oxidation sites excluding steroid dienone is 2. The van der Waals surface area contributed by atoms with E-state index < -0.39 is 0 Å². The molecule has 0 fully saturated rings. The fourth-order valence-electron chi connectivity index (χ4n) is 4.04. The summed E-state index contributed by atoms with van der Waals surface area (Å²) in [6, 6.07) is 4.02. The number of methoxy groups -OCH3 is 1. The van der Waals surface area contributed by atoms with Gasteiger partial charge in [0.05, 0.1) is 13.4 Å². The van der Waals surface area contributed by atoms with Gasteiger partial charge < -0.3 is 18.8 Å². The first-order valence-corrected chi connectivity index (χ1v) is 10.1. The first-order chi connectivity index (χ1) is 13.8. The van der Waals surface area contributed by atoms with Crippen molar-refractivity contribution in [2.24, 2.45) is 5.92 Å². The van der Waals surface area contributed by atoms with Gasteiger partial charge in [-0.1, -0.05) is 12.2 Å². The second kappa shape index (κ2) is 9.15. The lowest BCUT2D eigenvalue weighted by molar-refractivity contribution is 0.173. The van der Waals surface area contributed by atoms with E-state index in [4.69, 9.17) is 14.2 Å². The SMILES string of the molecule is COc1cc2c(cc1CN(CCCn1ccnc1)CC1CC=CCC1)OCO2. The van der Waals surface area contributed by atoms with Gasteiger partial charge in [0, 0.05) is 50.2 Å². The van der Waals surface area contributed by atoms with E-state index in [0.717, 1.165) is 61.3 Å². The van der Waals surface area contributed by atoms with Crippen molar-refractivity contribution in [3.63, 3.8) is 0 Å². The van der Waals surface area contributed by atoms with Crippen molar-refractivity contribution in [1.82, 2.24) is 14.5 Å². The van der Waals surface area contributed by atoms with Gasteiger partial charge in [-0.25, -0.2) is 4.98 Å². The van der Waals surface area contributed by atoms with Gasteiger partial charge in [-0.05, 0) is 37.7 Å². The zero-order valence-electron chi connectivity index (χ0n) is 16.5. The molecule has 2 heterocycles. The normalized spacial score (nSPS) is 18.0. The number of ether oxygens (including phenoxy) is 3. The fourth-order valence-corrected chi connectivity index (χ4v) is 4.04. The van der Waals surface area contributed by atoms with Crippen LogP contribution in [-0.2, 0) is 13.1 Å². The quantitative estimate of drug-likeness (QED) is 0.615. The van der Waals surface area contributed by atoms with Crippen LogP contribution in [-0.4, -0.2) is 41.4 Å². The molecule has 6 heteroatoms. The van der Waals surface area contributed by atoms with E-state index in [1.54, 1.807) is 7.11 Å². The number of rotatable bonds is 9. The lowest BCUT2D eigenvalue weighted by atomic mass is 9.93. The minimum atomic E-state index is 0.283. The molecule has 0 bridgehead atoms. The van der Waals surface area contributed by atoms with Crippen LogP contribution in [0.3, 0.4) is 0 Å². The molecule has 2 aromatic rings. The molecule has 150 valence electrons. The second-order valence-electron chi connectivity index (χ2n) is 7.56. The molecule has 28 heavy (non-hydrogen) atoms. The molecule has 2 aliphatic rings. The van der Waals surface area contributed by atoms with Crippen LogP contribution in [0, 0.1) is 5.92 Å². The molecule has 0 saturated carbocycles. The van der Waals surface area contributed by atoms with E-state index in [1.165, 1.54) is 19.3 Å². The number of hydrogen-bond donors (Lipinski definition) is 0. The highest BCUT2D eigenvalue weighted by Crippen LogP contribution is 2.38. The molecular weight excluding hydrogens is 354 g/mol. The lowest BCUT2D eigenvalue weighted by Crippen LogP contribution is -2.31. The van der Waals surface area contributed by atoms with Crippen molar-refractivity contribution in [3.05, 3.63) is 48.6 Å². The van der Waals surface area contributed by atoms with Gasteiger partial charge >= 0.3 is 0 Å². The Balaban J connectivity index is 1.45. The third-order valence-corrected chi connectivity index (χ3v) is 5.51. The predicted molar refractivity (Wildman–Crippen MR) is 108 cm³/mol. The Labute approximate surface area is 166 Å². The molecule has 0 spiro atoms. The van der Waals surface area contributed by atoms with Crippen molar-refractivity contribution in [2.75, 3.05) is 27.0 Å². The Kier molecular flexibility index (Phi) is 6.17. The van der Waals surface area contributed by atoms with Crippen LogP contribution in [0.15, 0.2) is 43.0 Å². The lowest BCUT2D eigenvalue weighted by Gasteiger charge is -2.29. The number of benzene rings is 1. The minimum Gasteiger partial charge on any atom is -0.496 e. The number of fused-ring (bicyclic) bond motifs is 1. The molecule has 1 aliphatic carbocycles. The predicted octanol–water partition coefficient (Wildman–Crippen LogP) is 3.87. The van der Waals surface area contributed by atoms with Gasteiger partial charge in [-0.3, -0.25) is 4.90 Å². The number of aryl methyl sites for hydroxylation is 1. The van der Waals surface area contributed by atoms with Crippen molar-refractivity contribution < 1.29 is 14.2 Å². The summed E-state index contributed by atoms with van der Waals surface area (Å²) in [6.07, 6.45) is 15.1. The van der Waals surface area contributed by atoms with Crippen LogP contribution in [0.5, 0.6) is 17.2 Å². The summed E-state index contributed by atoms with van der Waals surface area (Å²) in [4.78, 5) is 6.69. The maximum atomic E-state index is 5.64. The maximum Gasteiger partial charge on any atom is 0.231 e. The Hall–Kier alpha value is -2.47. The molecule has 6 nitrogen and oxygen atoms in total. The topological polar surface area (TPSA) is 48.8 Å². The van der Waals surface area contributed by atoms with Crippen LogP contribution in [0.25, 0.3) is 0 Å². The molecule has 1 aromatic heterocycles. The molecule has 1 unspecified atom stereocenters. The third-order valence-electron chi connectivity index (χ3n) is 5.51. The summed E-state index contributed by atoms with van der Waals surface area (Å²) in [5, 5.41) is 0. The van der Waals surface area contributed by atoms with Crippen LogP contribution in [0.4, 0.5) is 0 Å². The van der Waals surface area contributed by atoms with E-state index in [1.807, 2.05) is 24.8 Å². The first-order valence-electron chi connectivity index (χ1n) is 10.1. The Morgan fingerprint density at radius 2 is 2.14 bits per heavy atom. The number of imidazole rings is 1. The van der Waals surface area contributed by atoms with E-state index in [9.17, 15) is 0 Å². The molecule has 0 radical (unpaired) electrons. The van der Waals surface area contributed by atoms with Crippen molar-refractivity contribution >= 4 is 0 Å². The van der Waals surface area contributed by atoms with Gasteiger partial charge in [0.25, 0.3) is 0 Å². The minimum absolute atomic E-state index is 0.283. The number of nitrogens with zero attached hydrogens (tertiary/aromatic N) is 3. The standard InChI is InChI=1S/C22H29N3O3/c1-26-20-13-22-21(27-17-28-22)12-19(20)15-25(14-18-6-3-2-4-7-18)10-5-9-24-11-8-23-16-24/h2-3,8,11-13,16,18H,4-7,9-10,14-15,17H2,1H3. The molecule has 0 amide bonds. The number of aromatic nitrogens is 2. The van der Waals surface area contributed by atoms with Crippen molar-refractivity contribution in [1.29, 1.82) is 0 Å². The molecule has 1 aliphatic heterocycles. The highest BCUT2D eigenvalue weighted by atomic mass is 16.7. The van der Waals surface area contributed by atoms with Gasteiger partial charge in [-0.2, -0.15) is 0 Å². The molecule has 0 N–H and O–H groups in total. The molecule has 1 atom stereocenters. The van der Waals surface area contributed by atoms with E-state index in [0.29, 0.717) is 0 Å². The highest BCUT2D eigenvalue weighted by molar-refractivity contribution is 5.51. The summed E-state index contributed by atoms with van der Waals surface area (Å²) in [6.45, 7) is 4.26. The summed E-state index contributed by atoms with van der Waals surface area (Å²) in [5.74, 6) is 3.17. The summed E-state index contributed by atoms with van der Waals surface area (Å²) in [7, 11) is 1.72. The average Bonchev–Trinajstić information content (AvgIpc) is 3.39. The monoisotopic (exact) mass is 383 g/mol. The smallest absolute Gasteiger partial charge is 0.231 e. The highest BCUT2D eigenvalue weighted by Gasteiger charge is 2.21. The largest absolute Gasteiger partial charge is 0.496 e. The fraction of sp³-hybridized carbons (Fsp3) is 0.500. The molecular formula is C22H29N3O3. The van der Waals surface area contributed by atoms with Crippen LogP contribution in [0.2, 0.25) is 0 Å². The third kappa shape index (κ3) is 4.68. The summed E-state index contributed by atoms with van der Waals surface area (Å²) >= 11 is 0. The van der Waals surface area contributed by atoms with Crippen molar-refractivity contribution in [2.45, 2.75) is 38.8 Å². The number of hydrogen-bond acceptors (Lipinski definition) is 5. The zero-order chi connectivity index (χ0) is 19.2. The van der Waals surface area contributed by atoms with Gasteiger partial charge in [0.2, 0.25) is 6.79 Å². The molecule has 1 aromatic carbocycles. The Morgan fingerprint density at radius 3 is 2.89 bits per heavy atom. The van der Waals surface area contributed by atoms with Gasteiger partial charge in [0.15, 0.2) is 11.5 Å². The maximum absolute atomic E-state index is 5.64. The van der Waals surface area contributed by atoms with E-state index in [2.05, 4.69) is 32.7 Å². The van der Waals surface area contributed by atoms with E-state index >= 15 is 0 Å². The van der Waals surface area contributed by atoms with Crippen LogP contribution >= 0.6 is 0 Å². The summed E-state index contributed by atoms with van der Waals surface area (Å²) < 4.78 is 18.9. The summed E-state index contributed by atoms with van der Waals surface area (Å²) in [5.41, 5.74) is 1.15. The van der Waals surface area contributed by atoms with Crippen LogP contribution in [0.1, 0.15) is 31.2 Å². The van der Waals surface area contributed by atoms with Crippen LogP contribution < -0.4 is 14.2 Å². The first kappa shape index (κ1) is 18.9. The molecule has 4 rings (SSSR count). The Morgan fingerprint density at radius 1 is 1.25 bits per heavy atom. The van der Waals surface area contributed by atoms with E-state index in [-0.39, 0.29) is 6.79 Å². The van der Waals surface area contributed by atoms with Gasteiger partial charge in [-0.15, -0.1) is 0 Å². The average molecular weight is 383 g/mol. The molecule has 0 saturated heterocycles. The Bertz CT molecular complexity index is 789. The van der Waals surface area contributed by atoms with Gasteiger partial charge in [0.1, 0.15) is 5.75 Å².